The Morgan fingerprint density at radius 1 is 1.32 bits per heavy atom. The van der Waals surface area contributed by atoms with E-state index >= 15 is 0 Å². The van der Waals surface area contributed by atoms with Crippen LogP contribution in [0.3, 0.4) is 0 Å². The van der Waals surface area contributed by atoms with Gasteiger partial charge in [-0.15, -0.1) is 0 Å². The molecule has 2 atom stereocenters. The van der Waals surface area contributed by atoms with E-state index in [1.165, 1.54) is 25.7 Å². The van der Waals surface area contributed by atoms with Crippen LogP contribution in [-0.2, 0) is 14.3 Å². The lowest BCUT2D eigenvalue weighted by Crippen LogP contribution is -2.45. The molecular formula is C15H29NO3. The van der Waals surface area contributed by atoms with Crippen molar-refractivity contribution >= 4 is 5.97 Å². The zero-order valence-electron chi connectivity index (χ0n) is 13.0. The van der Waals surface area contributed by atoms with E-state index in [1.807, 2.05) is 27.8 Å². The first kappa shape index (κ1) is 16.4. The largest absolute Gasteiger partial charge is 0.460 e. The monoisotopic (exact) mass is 271 g/mol. The maximum atomic E-state index is 11.9. The molecule has 1 aliphatic carbocycles. The summed E-state index contributed by atoms with van der Waals surface area (Å²) in [5.41, 5.74) is -0.433. The smallest absolute Gasteiger partial charge is 0.309 e. The minimum Gasteiger partial charge on any atom is -0.460 e. The van der Waals surface area contributed by atoms with Gasteiger partial charge in [-0.1, -0.05) is 12.8 Å². The van der Waals surface area contributed by atoms with Gasteiger partial charge in [0.2, 0.25) is 0 Å². The highest BCUT2D eigenvalue weighted by atomic mass is 16.6. The number of hydrogen-bond acceptors (Lipinski definition) is 4. The van der Waals surface area contributed by atoms with Gasteiger partial charge in [0.15, 0.2) is 0 Å². The number of hydrogen-bond donors (Lipinski definition) is 1. The number of nitrogens with one attached hydrogen (secondary N) is 1. The predicted molar refractivity (Wildman–Crippen MR) is 76.1 cm³/mol. The molecule has 1 aliphatic rings. The Labute approximate surface area is 117 Å². The predicted octanol–water partition coefficient (Wildman–Crippen LogP) is 2.51. The molecule has 0 amide bonds. The number of carbonyl (C=O) groups is 1. The Bertz CT molecular complexity index is 280. The summed E-state index contributed by atoms with van der Waals surface area (Å²) in [4.78, 5) is 11.9. The standard InChI is InChI=1S/C15H29NO3/c1-15(2,3)19-13(17)10-12(18-5)14(16-4)11-8-6-7-9-11/h11-12,14,16H,6-10H2,1-5H3. The normalized spacial score (nSPS) is 20.3. The van der Waals surface area contributed by atoms with Gasteiger partial charge in [-0.25, -0.2) is 0 Å². The van der Waals surface area contributed by atoms with Gasteiger partial charge in [-0.05, 0) is 46.6 Å². The maximum Gasteiger partial charge on any atom is 0.309 e. The summed E-state index contributed by atoms with van der Waals surface area (Å²) in [6, 6.07) is 0.236. The molecule has 0 bridgehead atoms. The highest BCUT2D eigenvalue weighted by Gasteiger charge is 2.32. The number of rotatable bonds is 6. The van der Waals surface area contributed by atoms with Crippen LogP contribution in [0.1, 0.15) is 52.9 Å². The van der Waals surface area contributed by atoms with Crippen LogP contribution >= 0.6 is 0 Å². The molecule has 0 spiro atoms. The molecule has 0 aliphatic heterocycles. The van der Waals surface area contributed by atoms with E-state index < -0.39 is 5.60 Å². The second kappa shape index (κ2) is 7.25. The second-order valence-corrected chi connectivity index (χ2v) is 6.42. The van der Waals surface area contributed by atoms with Gasteiger partial charge < -0.3 is 14.8 Å². The van der Waals surface area contributed by atoms with E-state index in [0.717, 1.165) is 0 Å². The summed E-state index contributed by atoms with van der Waals surface area (Å²) in [7, 11) is 3.62. The molecule has 1 fully saturated rings. The van der Waals surface area contributed by atoms with Crippen molar-refractivity contribution in [3.8, 4) is 0 Å². The molecule has 4 heteroatoms. The number of methoxy groups -OCH3 is 1. The first-order chi connectivity index (χ1) is 8.87. The van der Waals surface area contributed by atoms with Gasteiger partial charge in [0.25, 0.3) is 0 Å². The third-order valence-electron chi connectivity index (χ3n) is 3.73. The van der Waals surface area contributed by atoms with E-state index in [0.29, 0.717) is 12.3 Å². The summed E-state index contributed by atoms with van der Waals surface area (Å²) < 4.78 is 10.9. The average Bonchev–Trinajstić information content (AvgIpc) is 2.79. The quantitative estimate of drug-likeness (QED) is 0.754. The van der Waals surface area contributed by atoms with E-state index in [1.54, 1.807) is 7.11 Å². The lowest BCUT2D eigenvalue weighted by atomic mass is 9.92. The average molecular weight is 271 g/mol. The zero-order valence-corrected chi connectivity index (χ0v) is 13.0. The third kappa shape index (κ3) is 5.49. The van der Waals surface area contributed by atoms with E-state index in [4.69, 9.17) is 9.47 Å². The molecule has 0 radical (unpaired) electrons. The number of carbonyl (C=O) groups excluding carboxylic acids is 1. The summed E-state index contributed by atoms with van der Waals surface area (Å²) in [6.45, 7) is 5.66. The fourth-order valence-corrected chi connectivity index (χ4v) is 2.95. The Balaban J connectivity index is 2.57. The Morgan fingerprint density at radius 3 is 2.32 bits per heavy atom. The van der Waals surface area contributed by atoms with Crippen molar-refractivity contribution in [2.75, 3.05) is 14.2 Å². The molecular weight excluding hydrogens is 242 g/mol. The molecule has 0 aromatic rings. The molecule has 1 N–H and O–H groups in total. The Kier molecular flexibility index (Phi) is 6.27. The topological polar surface area (TPSA) is 47.6 Å². The number of esters is 1. The van der Waals surface area contributed by atoms with E-state index in [2.05, 4.69) is 5.32 Å². The van der Waals surface area contributed by atoms with Crippen molar-refractivity contribution in [1.29, 1.82) is 0 Å². The van der Waals surface area contributed by atoms with Gasteiger partial charge in [0.1, 0.15) is 5.60 Å². The zero-order chi connectivity index (χ0) is 14.5. The van der Waals surface area contributed by atoms with Gasteiger partial charge in [-0.2, -0.15) is 0 Å². The van der Waals surface area contributed by atoms with E-state index in [9.17, 15) is 4.79 Å². The van der Waals surface area contributed by atoms with Crippen LogP contribution in [0, 0.1) is 5.92 Å². The summed E-state index contributed by atoms with van der Waals surface area (Å²) in [6.07, 6.45) is 5.22. The second-order valence-electron chi connectivity index (χ2n) is 6.42. The van der Waals surface area contributed by atoms with Crippen LogP contribution in [0.4, 0.5) is 0 Å². The minimum atomic E-state index is -0.433. The summed E-state index contributed by atoms with van der Waals surface area (Å²) in [5, 5.41) is 3.33. The van der Waals surface area contributed by atoms with E-state index in [-0.39, 0.29) is 18.1 Å². The van der Waals surface area contributed by atoms with Crippen molar-refractivity contribution in [3.63, 3.8) is 0 Å². The molecule has 112 valence electrons. The van der Waals surface area contributed by atoms with Crippen molar-refractivity contribution in [1.82, 2.24) is 5.32 Å². The van der Waals surface area contributed by atoms with Crippen LogP contribution < -0.4 is 5.32 Å². The molecule has 0 aromatic heterocycles. The van der Waals surface area contributed by atoms with Crippen molar-refractivity contribution in [2.24, 2.45) is 5.92 Å². The first-order valence-electron chi connectivity index (χ1n) is 7.29. The molecule has 0 aromatic carbocycles. The van der Waals surface area contributed by atoms with Gasteiger partial charge in [0, 0.05) is 13.2 Å². The highest BCUT2D eigenvalue weighted by molar-refractivity contribution is 5.70. The van der Waals surface area contributed by atoms with Crippen molar-refractivity contribution < 1.29 is 14.3 Å². The Morgan fingerprint density at radius 2 is 1.89 bits per heavy atom. The summed E-state index contributed by atoms with van der Waals surface area (Å²) >= 11 is 0. The number of ether oxygens (including phenoxy) is 2. The molecule has 0 heterocycles. The molecule has 2 unspecified atom stereocenters. The lowest BCUT2D eigenvalue weighted by Gasteiger charge is -2.31. The van der Waals surface area contributed by atoms with Crippen LogP contribution in [0.2, 0.25) is 0 Å². The maximum absolute atomic E-state index is 11.9. The molecule has 4 nitrogen and oxygen atoms in total. The van der Waals surface area contributed by atoms with Gasteiger partial charge >= 0.3 is 5.97 Å². The molecule has 19 heavy (non-hydrogen) atoms. The Hall–Kier alpha value is -0.610. The van der Waals surface area contributed by atoms with Crippen LogP contribution in [0.5, 0.6) is 0 Å². The lowest BCUT2D eigenvalue weighted by molar-refractivity contribution is -0.158. The fourth-order valence-electron chi connectivity index (χ4n) is 2.95. The van der Waals surface area contributed by atoms with Crippen LogP contribution in [0.15, 0.2) is 0 Å². The molecule has 1 rings (SSSR count). The van der Waals surface area contributed by atoms with Crippen molar-refractivity contribution in [2.45, 2.75) is 70.6 Å². The molecule has 0 saturated heterocycles. The fraction of sp³-hybridized carbons (Fsp3) is 0.933. The van der Waals surface area contributed by atoms with Gasteiger partial charge in [0.05, 0.1) is 12.5 Å². The first-order valence-corrected chi connectivity index (χ1v) is 7.29. The highest BCUT2D eigenvalue weighted by Crippen LogP contribution is 2.30. The SMILES string of the molecule is CNC(C1CCCC1)C(CC(=O)OC(C)(C)C)OC. The minimum absolute atomic E-state index is 0.108. The number of likely N-dealkylation sites (N-methyl/N-ethyl adjacent to an activating group) is 1. The molecule has 1 saturated carbocycles. The summed E-state index contributed by atoms with van der Waals surface area (Å²) in [5.74, 6) is 0.426. The van der Waals surface area contributed by atoms with Crippen LogP contribution in [0.25, 0.3) is 0 Å². The van der Waals surface area contributed by atoms with Crippen molar-refractivity contribution in [3.05, 3.63) is 0 Å². The van der Waals surface area contributed by atoms with Gasteiger partial charge in [-0.3, -0.25) is 4.79 Å². The van der Waals surface area contributed by atoms with Crippen LogP contribution in [-0.4, -0.2) is 37.9 Å². The third-order valence-corrected chi connectivity index (χ3v) is 3.73.